The minimum absolute atomic E-state index is 0.0687. The second-order valence-corrected chi connectivity index (χ2v) is 9.03. The number of amides is 1. The lowest BCUT2D eigenvalue weighted by Gasteiger charge is -2.31. The van der Waals surface area contributed by atoms with Gasteiger partial charge in [-0.1, -0.05) is 35.9 Å². The maximum Gasteiger partial charge on any atom is 0.230 e. The zero-order valence-corrected chi connectivity index (χ0v) is 18.9. The Hall–Kier alpha value is -2.08. The highest BCUT2D eigenvalue weighted by Crippen LogP contribution is 2.48. The van der Waals surface area contributed by atoms with E-state index in [9.17, 15) is 4.79 Å². The second-order valence-electron chi connectivity index (χ2n) is 8.60. The summed E-state index contributed by atoms with van der Waals surface area (Å²) in [5, 5.41) is 3.78. The van der Waals surface area contributed by atoms with Crippen LogP contribution in [0.25, 0.3) is 0 Å². The van der Waals surface area contributed by atoms with Gasteiger partial charge in [0.2, 0.25) is 5.91 Å². The Labute approximate surface area is 189 Å². The number of benzene rings is 2. The van der Waals surface area contributed by atoms with E-state index in [0.29, 0.717) is 24.2 Å². The summed E-state index contributed by atoms with van der Waals surface area (Å²) in [6.07, 6.45) is 3.90. The van der Waals surface area contributed by atoms with Crippen molar-refractivity contribution in [2.45, 2.75) is 43.7 Å². The van der Waals surface area contributed by atoms with Crippen LogP contribution in [0, 0.1) is 0 Å². The quantitative estimate of drug-likeness (QED) is 0.633. The van der Waals surface area contributed by atoms with Crippen LogP contribution in [0.15, 0.2) is 48.5 Å². The Morgan fingerprint density at radius 2 is 1.97 bits per heavy atom. The molecule has 0 unspecified atom stereocenters. The van der Waals surface area contributed by atoms with E-state index in [0.717, 1.165) is 62.3 Å². The van der Waals surface area contributed by atoms with Gasteiger partial charge in [0.25, 0.3) is 0 Å². The van der Waals surface area contributed by atoms with E-state index in [1.165, 1.54) is 0 Å². The van der Waals surface area contributed by atoms with Crippen molar-refractivity contribution in [1.29, 1.82) is 0 Å². The van der Waals surface area contributed by atoms with Crippen molar-refractivity contribution in [2.75, 3.05) is 33.4 Å². The Morgan fingerprint density at radius 1 is 1.19 bits per heavy atom. The smallest absolute Gasteiger partial charge is 0.230 e. The molecule has 0 radical (unpaired) electrons. The highest BCUT2D eigenvalue weighted by molar-refractivity contribution is 6.30. The third-order valence-electron chi connectivity index (χ3n) is 6.44. The minimum atomic E-state index is -0.423. The number of hydrogen-bond acceptors (Lipinski definition) is 4. The average molecular weight is 443 g/mol. The van der Waals surface area contributed by atoms with E-state index in [-0.39, 0.29) is 5.91 Å². The molecule has 1 N–H and O–H groups in total. The van der Waals surface area contributed by atoms with Gasteiger partial charge >= 0.3 is 0 Å². The molecule has 166 valence electrons. The molecule has 0 bridgehead atoms. The molecule has 1 aliphatic carbocycles. The Kier molecular flexibility index (Phi) is 7.16. The Bertz CT molecular complexity index is 894. The van der Waals surface area contributed by atoms with Gasteiger partial charge in [0, 0.05) is 37.4 Å². The number of halogens is 1. The average Bonchev–Trinajstić information content (AvgIpc) is 3.61. The van der Waals surface area contributed by atoms with E-state index in [1.807, 2.05) is 48.5 Å². The van der Waals surface area contributed by atoms with E-state index in [2.05, 4.69) is 17.3 Å². The molecule has 0 atom stereocenters. The summed E-state index contributed by atoms with van der Waals surface area (Å²) in [5.74, 6) is 0.905. The molecule has 1 saturated heterocycles. The maximum absolute atomic E-state index is 12.9. The van der Waals surface area contributed by atoms with E-state index in [1.54, 1.807) is 0 Å². The van der Waals surface area contributed by atoms with Crippen LogP contribution in [-0.2, 0) is 21.5 Å². The van der Waals surface area contributed by atoms with Crippen LogP contribution < -0.4 is 10.1 Å². The lowest BCUT2D eigenvalue weighted by Crippen LogP contribution is -2.38. The zero-order valence-electron chi connectivity index (χ0n) is 18.1. The van der Waals surface area contributed by atoms with Gasteiger partial charge in [-0.25, -0.2) is 0 Å². The van der Waals surface area contributed by atoms with Gasteiger partial charge < -0.3 is 14.8 Å². The molecule has 31 heavy (non-hydrogen) atoms. The number of hydrogen-bond donors (Lipinski definition) is 1. The number of rotatable bonds is 9. The first-order valence-corrected chi connectivity index (χ1v) is 11.5. The molecule has 6 heteroatoms. The molecule has 1 aliphatic heterocycles. The number of carbonyl (C=O) groups excluding carboxylic acids is 1. The molecule has 4 rings (SSSR count). The summed E-state index contributed by atoms with van der Waals surface area (Å²) in [6.45, 7) is 3.71. The number of nitrogens with one attached hydrogen (secondary N) is 1. The fraction of sp³-hybridized carbons (Fsp3) is 0.480. The third kappa shape index (κ3) is 5.59. The standard InChI is InChI=1S/C25H31ClN2O3/c1-28(22-8-13-30-14-9-22)12-15-31-23-7-2-4-19(16-23)18-27-24(29)25(10-11-25)20-5-3-6-21(26)17-20/h2-7,16-17,22H,8-15,18H2,1H3,(H,27,29). The molecule has 2 fully saturated rings. The highest BCUT2D eigenvalue weighted by Gasteiger charge is 2.51. The van der Waals surface area contributed by atoms with Crippen LogP contribution >= 0.6 is 11.6 Å². The summed E-state index contributed by atoms with van der Waals surface area (Å²) in [6, 6.07) is 16.2. The highest BCUT2D eigenvalue weighted by atomic mass is 35.5. The van der Waals surface area contributed by atoms with Crippen molar-refractivity contribution in [3.8, 4) is 5.75 Å². The van der Waals surface area contributed by atoms with Crippen LogP contribution in [0.4, 0.5) is 0 Å². The summed E-state index contributed by atoms with van der Waals surface area (Å²) >= 11 is 6.12. The Balaban J connectivity index is 1.26. The van der Waals surface area contributed by atoms with Crippen LogP contribution in [-0.4, -0.2) is 50.3 Å². The lowest BCUT2D eigenvalue weighted by molar-refractivity contribution is -0.123. The van der Waals surface area contributed by atoms with Crippen LogP contribution in [0.2, 0.25) is 5.02 Å². The van der Waals surface area contributed by atoms with E-state index < -0.39 is 5.41 Å². The van der Waals surface area contributed by atoms with Gasteiger partial charge in [-0.2, -0.15) is 0 Å². The Morgan fingerprint density at radius 3 is 2.71 bits per heavy atom. The van der Waals surface area contributed by atoms with Crippen LogP contribution in [0.1, 0.15) is 36.8 Å². The monoisotopic (exact) mass is 442 g/mol. The van der Waals surface area contributed by atoms with Gasteiger partial charge in [0.1, 0.15) is 12.4 Å². The maximum atomic E-state index is 12.9. The molecular weight excluding hydrogens is 412 g/mol. The molecule has 0 aromatic heterocycles. The predicted octanol–water partition coefficient (Wildman–Crippen LogP) is 4.18. The molecule has 1 amide bonds. The van der Waals surface area contributed by atoms with Gasteiger partial charge in [-0.05, 0) is 68.1 Å². The van der Waals surface area contributed by atoms with Crippen LogP contribution in [0.5, 0.6) is 5.75 Å². The van der Waals surface area contributed by atoms with Crippen molar-refractivity contribution in [3.63, 3.8) is 0 Å². The summed E-state index contributed by atoms with van der Waals surface area (Å²) in [5.41, 5.74) is 1.61. The minimum Gasteiger partial charge on any atom is -0.492 e. The fourth-order valence-electron chi connectivity index (χ4n) is 4.27. The molecular formula is C25H31ClN2O3. The molecule has 5 nitrogen and oxygen atoms in total. The van der Waals surface area contributed by atoms with Crippen LogP contribution in [0.3, 0.4) is 0 Å². The lowest BCUT2D eigenvalue weighted by atomic mass is 9.95. The molecule has 2 aromatic carbocycles. The van der Waals surface area contributed by atoms with Crippen molar-refractivity contribution >= 4 is 17.5 Å². The number of carbonyl (C=O) groups is 1. The summed E-state index contributed by atoms with van der Waals surface area (Å²) in [4.78, 5) is 15.3. The van der Waals surface area contributed by atoms with Crippen molar-refractivity contribution < 1.29 is 14.3 Å². The first kappa shape index (κ1) is 22.1. The SMILES string of the molecule is CN(CCOc1cccc(CNC(=O)C2(c3cccc(Cl)c3)CC2)c1)C1CCOCC1. The summed E-state index contributed by atoms with van der Waals surface area (Å²) in [7, 11) is 2.15. The van der Waals surface area contributed by atoms with Gasteiger partial charge in [-0.3, -0.25) is 9.69 Å². The van der Waals surface area contributed by atoms with Gasteiger partial charge in [-0.15, -0.1) is 0 Å². The molecule has 2 aromatic rings. The first-order valence-electron chi connectivity index (χ1n) is 11.1. The number of likely N-dealkylation sites (N-methyl/N-ethyl adjacent to an activating group) is 1. The topological polar surface area (TPSA) is 50.8 Å². The van der Waals surface area contributed by atoms with Gasteiger partial charge in [0.05, 0.1) is 5.41 Å². The number of nitrogens with zero attached hydrogens (tertiary/aromatic N) is 1. The predicted molar refractivity (Wildman–Crippen MR) is 123 cm³/mol. The zero-order chi connectivity index (χ0) is 21.7. The molecule has 1 saturated carbocycles. The fourth-order valence-corrected chi connectivity index (χ4v) is 4.46. The third-order valence-corrected chi connectivity index (χ3v) is 6.68. The van der Waals surface area contributed by atoms with Gasteiger partial charge in [0.15, 0.2) is 0 Å². The normalized spacial score (nSPS) is 18.0. The largest absolute Gasteiger partial charge is 0.492 e. The van der Waals surface area contributed by atoms with E-state index in [4.69, 9.17) is 21.1 Å². The molecule has 1 heterocycles. The van der Waals surface area contributed by atoms with Crippen molar-refractivity contribution in [2.24, 2.45) is 0 Å². The molecule has 0 spiro atoms. The van der Waals surface area contributed by atoms with E-state index >= 15 is 0 Å². The number of ether oxygens (including phenoxy) is 2. The van der Waals surface area contributed by atoms with Crippen molar-refractivity contribution in [3.05, 3.63) is 64.7 Å². The molecule has 2 aliphatic rings. The summed E-state index contributed by atoms with van der Waals surface area (Å²) < 4.78 is 11.4. The first-order chi connectivity index (χ1) is 15.1. The second kappa shape index (κ2) is 10.0. The van der Waals surface area contributed by atoms with Crippen molar-refractivity contribution in [1.82, 2.24) is 10.2 Å².